The van der Waals surface area contributed by atoms with E-state index in [1.807, 2.05) is 6.08 Å². The molecule has 0 bridgehead atoms. The van der Waals surface area contributed by atoms with Gasteiger partial charge in [-0.3, -0.25) is 0 Å². The van der Waals surface area contributed by atoms with E-state index < -0.39 is 0 Å². The minimum atomic E-state index is 0.502. The summed E-state index contributed by atoms with van der Waals surface area (Å²) < 4.78 is 5.55. The van der Waals surface area contributed by atoms with Crippen LogP contribution in [0.3, 0.4) is 0 Å². The smallest absolute Gasteiger partial charge is 0.0591 e. The second-order valence-electron chi connectivity index (χ2n) is 5.14. The van der Waals surface area contributed by atoms with Crippen LogP contribution in [0.25, 0.3) is 0 Å². The molecule has 0 fully saturated rings. The molecule has 0 saturated heterocycles. The van der Waals surface area contributed by atoms with Gasteiger partial charge < -0.3 is 10.1 Å². The Hall–Kier alpha value is -1.12. The summed E-state index contributed by atoms with van der Waals surface area (Å²) >= 11 is 0. The highest BCUT2D eigenvalue weighted by atomic mass is 16.5. The zero-order valence-corrected chi connectivity index (χ0v) is 11.7. The van der Waals surface area contributed by atoms with Crippen LogP contribution in [0.4, 0.5) is 0 Å². The summed E-state index contributed by atoms with van der Waals surface area (Å²) in [4.78, 5) is 0. The molecule has 1 aliphatic carbocycles. The van der Waals surface area contributed by atoms with Gasteiger partial charge in [0.15, 0.2) is 0 Å². The normalized spacial score (nSPS) is 18.6. The van der Waals surface area contributed by atoms with Crippen LogP contribution in [-0.2, 0) is 11.2 Å². The molecule has 2 nitrogen and oxygen atoms in total. The third-order valence-electron chi connectivity index (χ3n) is 3.72. The molecule has 1 aliphatic rings. The molecule has 2 rings (SSSR count). The summed E-state index contributed by atoms with van der Waals surface area (Å²) in [5, 5.41) is 3.64. The Bertz CT molecular complexity index is 389. The molecule has 0 aromatic heterocycles. The lowest BCUT2D eigenvalue weighted by atomic mass is 9.99. The van der Waals surface area contributed by atoms with Crippen molar-refractivity contribution in [2.75, 3.05) is 19.8 Å². The van der Waals surface area contributed by atoms with Crippen molar-refractivity contribution >= 4 is 0 Å². The Morgan fingerprint density at radius 2 is 2.16 bits per heavy atom. The summed E-state index contributed by atoms with van der Waals surface area (Å²) in [5.74, 6) is 0. The standard InChI is InChI=1S/C17H25NO/c1-2-3-13-19-14-12-18-17-11-7-5-9-15-8-4-6-10-16(15)17/h2,4,6,8,10,17-18H,1,3,5,7,9,11-14H2. The van der Waals surface area contributed by atoms with Crippen molar-refractivity contribution in [1.82, 2.24) is 5.32 Å². The highest BCUT2D eigenvalue weighted by Crippen LogP contribution is 2.28. The molecule has 2 heteroatoms. The Morgan fingerprint density at radius 3 is 3.05 bits per heavy atom. The fourth-order valence-electron chi connectivity index (χ4n) is 2.71. The lowest BCUT2D eigenvalue weighted by Gasteiger charge is -2.19. The lowest BCUT2D eigenvalue weighted by Crippen LogP contribution is -2.25. The molecule has 0 spiro atoms. The molecular formula is C17H25NO. The van der Waals surface area contributed by atoms with Crippen molar-refractivity contribution < 1.29 is 4.74 Å². The molecule has 1 atom stereocenters. The number of rotatable bonds is 7. The van der Waals surface area contributed by atoms with E-state index in [4.69, 9.17) is 4.74 Å². The van der Waals surface area contributed by atoms with Crippen LogP contribution in [0.1, 0.15) is 42.9 Å². The summed E-state index contributed by atoms with van der Waals surface area (Å²) in [6.45, 7) is 6.19. The molecule has 0 heterocycles. The van der Waals surface area contributed by atoms with Crippen molar-refractivity contribution in [2.24, 2.45) is 0 Å². The monoisotopic (exact) mass is 259 g/mol. The maximum atomic E-state index is 5.55. The molecular weight excluding hydrogens is 234 g/mol. The SMILES string of the molecule is C=CCCOCCNC1CCCCc2ccccc21. The van der Waals surface area contributed by atoms with Crippen LogP contribution in [-0.4, -0.2) is 19.8 Å². The van der Waals surface area contributed by atoms with Crippen molar-refractivity contribution in [1.29, 1.82) is 0 Å². The van der Waals surface area contributed by atoms with E-state index in [-0.39, 0.29) is 0 Å². The Kier molecular flexibility index (Phi) is 6.12. The van der Waals surface area contributed by atoms with Crippen LogP contribution >= 0.6 is 0 Å². The molecule has 1 unspecified atom stereocenters. The number of hydrogen-bond acceptors (Lipinski definition) is 2. The second kappa shape index (κ2) is 8.13. The van der Waals surface area contributed by atoms with Crippen molar-refractivity contribution in [3.63, 3.8) is 0 Å². The van der Waals surface area contributed by atoms with Crippen molar-refractivity contribution in [3.05, 3.63) is 48.0 Å². The van der Waals surface area contributed by atoms with Gasteiger partial charge in [-0.2, -0.15) is 0 Å². The van der Waals surface area contributed by atoms with Crippen LogP contribution in [0.2, 0.25) is 0 Å². The van der Waals surface area contributed by atoms with Gasteiger partial charge in [-0.25, -0.2) is 0 Å². The maximum absolute atomic E-state index is 5.55. The molecule has 0 amide bonds. The zero-order chi connectivity index (χ0) is 13.3. The first-order valence-electron chi connectivity index (χ1n) is 7.41. The van der Waals surface area contributed by atoms with Gasteiger partial charge >= 0.3 is 0 Å². The largest absolute Gasteiger partial charge is 0.380 e. The van der Waals surface area contributed by atoms with Gasteiger partial charge in [-0.15, -0.1) is 6.58 Å². The van der Waals surface area contributed by atoms with Gasteiger partial charge in [-0.05, 0) is 36.8 Å². The number of hydrogen-bond donors (Lipinski definition) is 1. The first kappa shape index (κ1) is 14.3. The highest BCUT2D eigenvalue weighted by molar-refractivity contribution is 5.31. The van der Waals surface area contributed by atoms with Gasteiger partial charge in [0.25, 0.3) is 0 Å². The van der Waals surface area contributed by atoms with E-state index in [2.05, 4.69) is 36.2 Å². The van der Waals surface area contributed by atoms with Gasteiger partial charge in [0.2, 0.25) is 0 Å². The average Bonchev–Trinajstić information content (AvgIpc) is 2.65. The summed E-state index contributed by atoms with van der Waals surface area (Å²) in [5.41, 5.74) is 3.01. The Morgan fingerprint density at radius 1 is 1.26 bits per heavy atom. The third-order valence-corrected chi connectivity index (χ3v) is 3.72. The van der Waals surface area contributed by atoms with Gasteiger partial charge in [0.1, 0.15) is 0 Å². The molecule has 1 N–H and O–H groups in total. The molecule has 1 aromatic carbocycles. The average molecular weight is 259 g/mol. The van der Waals surface area contributed by atoms with Gasteiger partial charge in [0, 0.05) is 12.6 Å². The number of ether oxygens (including phenoxy) is 1. The van der Waals surface area contributed by atoms with E-state index >= 15 is 0 Å². The summed E-state index contributed by atoms with van der Waals surface area (Å²) in [6.07, 6.45) is 7.92. The predicted octanol–water partition coefficient (Wildman–Crippen LogP) is 3.64. The highest BCUT2D eigenvalue weighted by Gasteiger charge is 2.17. The molecule has 104 valence electrons. The number of fused-ring (bicyclic) bond motifs is 1. The van der Waals surface area contributed by atoms with Crippen molar-refractivity contribution in [2.45, 2.75) is 38.1 Å². The van der Waals surface area contributed by atoms with E-state index in [0.717, 1.165) is 26.2 Å². The fraction of sp³-hybridized carbons (Fsp3) is 0.529. The Labute approximate surface area is 116 Å². The minimum Gasteiger partial charge on any atom is -0.380 e. The fourth-order valence-corrected chi connectivity index (χ4v) is 2.71. The van der Waals surface area contributed by atoms with E-state index in [1.165, 1.54) is 36.8 Å². The number of aryl methyl sites for hydroxylation is 1. The predicted molar refractivity (Wildman–Crippen MR) is 80.4 cm³/mol. The van der Waals surface area contributed by atoms with Crippen LogP contribution in [0.15, 0.2) is 36.9 Å². The molecule has 0 aliphatic heterocycles. The van der Waals surface area contributed by atoms with Gasteiger partial charge in [0.05, 0.1) is 13.2 Å². The van der Waals surface area contributed by atoms with Gasteiger partial charge in [-0.1, -0.05) is 36.8 Å². The maximum Gasteiger partial charge on any atom is 0.0591 e. The molecule has 1 aromatic rings. The van der Waals surface area contributed by atoms with E-state index in [0.29, 0.717) is 6.04 Å². The van der Waals surface area contributed by atoms with Crippen LogP contribution in [0.5, 0.6) is 0 Å². The first-order chi connectivity index (χ1) is 9.42. The second-order valence-corrected chi connectivity index (χ2v) is 5.14. The number of nitrogens with one attached hydrogen (secondary N) is 1. The van der Waals surface area contributed by atoms with E-state index in [9.17, 15) is 0 Å². The summed E-state index contributed by atoms with van der Waals surface area (Å²) in [6, 6.07) is 9.35. The first-order valence-corrected chi connectivity index (χ1v) is 7.41. The Balaban J connectivity index is 1.81. The van der Waals surface area contributed by atoms with Crippen LogP contribution < -0.4 is 5.32 Å². The zero-order valence-electron chi connectivity index (χ0n) is 11.7. The minimum absolute atomic E-state index is 0.502. The quantitative estimate of drug-likeness (QED) is 0.458. The van der Waals surface area contributed by atoms with Crippen LogP contribution in [0, 0.1) is 0 Å². The third kappa shape index (κ3) is 4.48. The molecule has 0 saturated carbocycles. The lowest BCUT2D eigenvalue weighted by molar-refractivity contribution is 0.138. The number of benzene rings is 1. The topological polar surface area (TPSA) is 21.3 Å². The van der Waals surface area contributed by atoms with Crippen molar-refractivity contribution in [3.8, 4) is 0 Å². The summed E-state index contributed by atoms with van der Waals surface area (Å²) in [7, 11) is 0. The van der Waals surface area contributed by atoms with E-state index in [1.54, 1.807) is 0 Å². The molecule has 19 heavy (non-hydrogen) atoms. The molecule has 0 radical (unpaired) electrons.